The summed E-state index contributed by atoms with van der Waals surface area (Å²) in [6, 6.07) is 0. The van der Waals surface area contributed by atoms with Crippen molar-refractivity contribution >= 4 is 35.5 Å². The van der Waals surface area contributed by atoms with Crippen molar-refractivity contribution in [2.75, 3.05) is 0 Å². The summed E-state index contributed by atoms with van der Waals surface area (Å²) in [4.78, 5) is 20.2. The molecular weight excluding hydrogens is 338 g/mol. The summed E-state index contributed by atoms with van der Waals surface area (Å²) in [5.41, 5.74) is 0. The van der Waals surface area contributed by atoms with Crippen LogP contribution in [0.25, 0.3) is 0 Å². The van der Waals surface area contributed by atoms with Crippen LogP contribution in [0, 0.1) is 0 Å². The summed E-state index contributed by atoms with van der Waals surface area (Å²) < 4.78 is 0. The molecule has 0 radical (unpaired) electrons. The Kier molecular flexibility index (Phi) is 16.9. The van der Waals surface area contributed by atoms with Gasteiger partial charge in [-0.15, -0.1) is 23.5 Å². The van der Waals surface area contributed by atoms with E-state index in [4.69, 9.17) is 0 Å². The van der Waals surface area contributed by atoms with E-state index in [0.29, 0.717) is 10.5 Å². The van der Waals surface area contributed by atoms with E-state index < -0.39 is 11.9 Å². The van der Waals surface area contributed by atoms with Crippen LogP contribution in [0.3, 0.4) is 0 Å². The second-order valence-electron chi connectivity index (χ2n) is 4.29. The van der Waals surface area contributed by atoms with Crippen molar-refractivity contribution in [3.05, 3.63) is 0 Å². The van der Waals surface area contributed by atoms with Gasteiger partial charge in [0.05, 0.1) is 11.9 Å². The minimum Gasteiger partial charge on any atom is -0.549 e. The maximum atomic E-state index is 10.1. The minimum absolute atomic E-state index is 0. The van der Waals surface area contributed by atoms with Crippen LogP contribution in [0.2, 0.25) is 0 Å². The largest absolute Gasteiger partial charge is 2.00 e. The zero-order chi connectivity index (χ0) is 14.9. The summed E-state index contributed by atoms with van der Waals surface area (Å²) in [5, 5.41) is 20.2. The summed E-state index contributed by atoms with van der Waals surface area (Å²) in [7, 11) is 0. The third kappa shape index (κ3) is 18.3. The van der Waals surface area contributed by atoms with Crippen LogP contribution in [-0.2, 0) is 29.1 Å². The molecule has 0 rings (SSSR count). The topological polar surface area (TPSA) is 80.3 Å². The minimum atomic E-state index is -0.978. The molecule has 0 N–H and O–H groups in total. The predicted octanol–water partition coefficient (Wildman–Crippen LogP) is 0.530. The van der Waals surface area contributed by atoms with Gasteiger partial charge in [-0.05, 0) is 24.3 Å². The van der Waals surface area contributed by atoms with Gasteiger partial charge >= 0.3 is 19.5 Å². The van der Waals surface area contributed by atoms with E-state index in [1.807, 2.05) is 27.7 Å². The van der Waals surface area contributed by atoms with E-state index in [2.05, 4.69) is 0 Å². The van der Waals surface area contributed by atoms with Gasteiger partial charge in [0.25, 0.3) is 0 Å². The van der Waals surface area contributed by atoms with E-state index >= 15 is 0 Å². The number of rotatable bonds is 6. The smallest absolute Gasteiger partial charge is 0.549 e. The van der Waals surface area contributed by atoms with Gasteiger partial charge in [0.1, 0.15) is 0 Å². The second-order valence-corrected chi connectivity index (χ2v) is 8.14. The van der Waals surface area contributed by atoms with Crippen LogP contribution in [0.15, 0.2) is 0 Å². The van der Waals surface area contributed by atoms with Crippen molar-refractivity contribution in [2.24, 2.45) is 0 Å². The zero-order valence-electron chi connectivity index (χ0n) is 12.5. The molecule has 7 heteroatoms. The van der Waals surface area contributed by atoms with E-state index in [1.54, 1.807) is 13.8 Å². The summed E-state index contributed by atoms with van der Waals surface area (Å²) >= 11 is 2.80. The number of hydrogen-bond donors (Lipinski definition) is 0. The molecule has 0 amide bonds. The van der Waals surface area contributed by atoms with Gasteiger partial charge in [0, 0.05) is 10.5 Å². The molecular formula is C12H22O4S2Zn. The molecule has 0 saturated carbocycles. The first-order chi connectivity index (χ1) is 8.07. The molecule has 0 aromatic heterocycles. The van der Waals surface area contributed by atoms with E-state index in [1.165, 1.54) is 23.5 Å². The van der Waals surface area contributed by atoms with Gasteiger partial charge in [0.2, 0.25) is 0 Å². The van der Waals surface area contributed by atoms with Crippen molar-refractivity contribution in [3.63, 3.8) is 0 Å². The summed E-state index contributed by atoms with van der Waals surface area (Å²) in [5.74, 6) is -1.96. The van der Waals surface area contributed by atoms with Crippen molar-refractivity contribution in [1.82, 2.24) is 0 Å². The van der Waals surface area contributed by atoms with Crippen molar-refractivity contribution < 1.29 is 39.3 Å². The van der Waals surface area contributed by atoms with Crippen molar-refractivity contribution in [2.45, 2.75) is 62.5 Å². The molecule has 0 spiro atoms. The van der Waals surface area contributed by atoms with Gasteiger partial charge in [-0.25, -0.2) is 0 Å². The molecule has 2 atom stereocenters. The number of aliphatic carboxylic acids is 2. The maximum Gasteiger partial charge on any atom is 2.00 e. The Labute approximate surface area is 137 Å². The average Bonchev–Trinajstić information content (AvgIpc) is 2.16. The molecule has 0 saturated heterocycles. The number of hydrogen-bond acceptors (Lipinski definition) is 6. The molecule has 19 heavy (non-hydrogen) atoms. The van der Waals surface area contributed by atoms with Gasteiger partial charge in [-0.1, -0.05) is 27.7 Å². The number of carbonyl (C=O) groups excluding carboxylic acids is 2. The van der Waals surface area contributed by atoms with E-state index in [0.717, 1.165) is 0 Å². The number of carboxylic acids is 2. The molecule has 108 valence electrons. The average molecular weight is 360 g/mol. The van der Waals surface area contributed by atoms with Gasteiger partial charge in [0.15, 0.2) is 0 Å². The quantitative estimate of drug-likeness (QED) is 0.644. The fraction of sp³-hybridized carbons (Fsp3) is 0.833. The number of carboxylic acid groups (broad SMARTS) is 2. The van der Waals surface area contributed by atoms with Gasteiger partial charge < -0.3 is 19.8 Å². The van der Waals surface area contributed by atoms with E-state index in [-0.39, 0.29) is 30.0 Å². The Hall–Kier alpha value is 0.263. The van der Waals surface area contributed by atoms with Gasteiger partial charge in [-0.3, -0.25) is 0 Å². The molecule has 0 fully saturated rings. The molecule has 0 aromatic carbocycles. The third-order valence-electron chi connectivity index (χ3n) is 1.62. The zero-order valence-corrected chi connectivity index (χ0v) is 17.1. The molecule has 4 nitrogen and oxygen atoms in total. The molecule has 0 aliphatic rings. The Morgan fingerprint density at radius 1 is 0.737 bits per heavy atom. The van der Waals surface area contributed by atoms with Crippen molar-refractivity contribution in [3.8, 4) is 0 Å². The molecule has 0 aliphatic carbocycles. The Morgan fingerprint density at radius 3 is 1.00 bits per heavy atom. The molecule has 2 unspecified atom stereocenters. The first kappa shape index (κ1) is 24.3. The van der Waals surface area contributed by atoms with Crippen LogP contribution in [0.4, 0.5) is 0 Å². The van der Waals surface area contributed by atoms with Crippen LogP contribution in [-0.4, -0.2) is 32.9 Å². The maximum absolute atomic E-state index is 10.1. The normalized spacial score (nSPS) is 13.1. The Bertz CT molecular complexity index is 234. The molecule has 0 aromatic rings. The fourth-order valence-corrected chi connectivity index (χ4v) is 2.78. The van der Waals surface area contributed by atoms with Crippen LogP contribution in [0.1, 0.15) is 41.5 Å². The first-order valence-corrected chi connectivity index (χ1v) is 7.69. The van der Waals surface area contributed by atoms with Gasteiger partial charge in [-0.2, -0.15) is 0 Å². The fourth-order valence-electron chi connectivity index (χ4n) is 0.928. The monoisotopic (exact) mass is 358 g/mol. The predicted molar refractivity (Wildman–Crippen MR) is 74.4 cm³/mol. The van der Waals surface area contributed by atoms with Crippen LogP contribution < -0.4 is 10.2 Å². The van der Waals surface area contributed by atoms with Crippen LogP contribution >= 0.6 is 23.5 Å². The molecule has 0 bridgehead atoms. The summed E-state index contributed by atoms with van der Waals surface area (Å²) in [6.45, 7) is 11.1. The number of carbonyl (C=O) groups is 2. The number of thioether (sulfide) groups is 2. The third-order valence-corrected chi connectivity index (χ3v) is 3.91. The van der Waals surface area contributed by atoms with Crippen LogP contribution in [0.5, 0.6) is 0 Å². The Morgan fingerprint density at radius 2 is 0.947 bits per heavy atom. The molecule has 0 heterocycles. The SMILES string of the molecule is CC(C)SC(C)C(=O)[O-].CC(C)SC(C)C(=O)[O-].[Zn+2]. The summed E-state index contributed by atoms with van der Waals surface area (Å²) in [6.07, 6.45) is 0. The standard InChI is InChI=1S/2C6H12O2S.Zn/c2*1-4(2)9-5(3)6(7)8;/h2*4-5H,1-3H3,(H,7,8);/q;;+2/p-2. The van der Waals surface area contributed by atoms with E-state index in [9.17, 15) is 19.8 Å². The first-order valence-electron chi connectivity index (χ1n) is 5.80. The second kappa shape index (κ2) is 13.3. The van der Waals surface area contributed by atoms with Crippen molar-refractivity contribution in [1.29, 1.82) is 0 Å². The molecule has 0 aliphatic heterocycles. The Balaban J connectivity index is -0.000000256.